The average molecular weight is 725 g/mol. The molecule has 2 aliphatic rings. The Morgan fingerprint density at radius 1 is 0.717 bits per heavy atom. The molecule has 0 spiro atoms. The summed E-state index contributed by atoms with van der Waals surface area (Å²) in [5.41, 5.74) is -0.0513. The van der Waals surface area contributed by atoms with Gasteiger partial charge in [0.25, 0.3) is 0 Å². The second-order valence-electron chi connectivity index (χ2n) is 15.4. The number of pyridine rings is 3. The second kappa shape index (κ2) is 22.8. The van der Waals surface area contributed by atoms with Gasteiger partial charge in [-0.1, -0.05) is 103 Å². The average Bonchev–Trinajstić information content (AvgIpc) is 3.16. The fraction of sp³-hybridized carbons (Fsp3) is 0.591. The van der Waals surface area contributed by atoms with Crippen LogP contribution in [0.3, 0.4) is 0 Å². The maximum absolute atomic E-state index is 13.6. The van der Waals surface area contributed by atoms with Gasteiger partial charge in [-0.15, -0.1) is 0 Å². The van der Waals surface area contributed by atoms with Crippen LogP contribution in [0.5, 0.6) is 0 Å². The highest BCUT2D eigenvalue weighted by Crippen LogP contribution is 2.42. The normalized spacial score (nSPS) is 22.0. The third-order valence-corrected chi connectivity index (χ3v) is 11.3. The largest absolute Gasteiger partial charge is 0.310 e. The summed E-state index contributed by atoms with van der Waals surface area (Å²) in [5, 5.41) is 5.95. The number of aromatic nitrogens is 3. The van der Waals surface area contributed by atoms with Crippen molar-refractivity contribution in [1.29, 1.82) is 0 Å². The first kappa shape index (κ1) is 41.6. The molecule has 4 atom stereocenters. The number of unbranched alkanes of at least 4 members (excludes halogenated alkanes) is 2. The summed E-state index contributed by atoms with van der Waals surface area (Å²) in [5.74, 6) is 3.11. The van der Waals surface area contributed by atoms with E-state index in [4.69, 9.17) is 0 Å². The van der Waals surface area contributed by atoms with Crippen LogP contribution in [0.25, 0.3) is 0 Å². The lowest BCUT2D eigenvalue weighted by atomic mass is 9.67. The molecule has 0 bridgehead atoms. The molecule has 5 rings (SSSR count). The quantitative estimate of drug-likeness (QED) is 0.170. The van der Waals surface area contributed by atoms with Gasteiger partial charge in [0.1, 0.15) is 17.5 Å². The number of amides is 3. The van der Waals surface area contributed by atoms with Gasteiger partial charge in [-0.25, -0.2) is 15.0 Å². The first-order valence-electron chi connectivity index (χ1n) is 20.5. The molecular weight excluding hydrogens is 661 g/mol. The predicted octanol–water partition coefficient (Wildman–Crippen LogP) is 10.4. The van der Waals surface area contributed by atoms with Gasteiger partial charge in [0, 0.05) is 43.4 Å². The Kier molecular flexibility index (Phi) is 17.9. The highest BCUT2D eigenvalue weighted by molar-refractivity contribution is 5.93. The zero-order chi connectivity index (χ0) is 37.7. The van der Waals surface area contributed by atoms with Gasteiger partial charge in [0.15, 0.2) is 0 Å². The van der Waals surface area contributed by atoms with Crippen LogP contribution in [0.15, 0.2) is 73.2 Å². The summed E-state index contributed by atoms with van der Waals surface area (Å²) in [6.07, 6.45) is 24.7. The minimum Gasteiger partial charge on any atom is -0.310 e. The molecule has 3 heterocycles. The highest BCUT2D eigenvalue weighted by Gasteiger charge is 2.38. The first-order valence-corrected chi connectivity index (χ1v) is 20.5. The van der Waals surface area contributed by atoms with Crippen molar-refractivity contribution < 1.29 is 14.4 Å². The van der Waals surface area contributed by atoms with Crippen molar-refractivity contribution in [2.75, 3.05) is 22.1 Å². The summed E-state index contributed by atoms with van der Waals surface area (Å²) >= 11 is 0. The summed E-state index contributed by atoms with van der Waals surface area (Å²) in [7, 11) is 0. The van der Waals surface area contributed by atoms with Gasteiger partial charge in [0.2, 0.25) is 17.7 Å². The van der Waals surface area contributed by atoms with Crippen LogP contribution in [-0.4, -0.2) is 39.2 Å². The van der Waals surface area contributed by atoms with Crippen molar-refractivity contribution in [3.63, 3.8) is 0 Å². The van der Waals surface area contributed by atoms with Crippen molar-refractivity contribution in [3.05, 3.63) is 73.2 Å². The zero-order valence-electron chi connectivity index (χ0n) is 32.6. The SMILES string of the molecule is CC1CCC1C(=O)Nc1ccccn1.CCCN(C(=O)CCCCCC1(C)CCCCCCCCCCC1C(=O)Nc1ccccn1)c1ccccn1. The highest BCUT2D eigenvalue weighted by atomic mass is 16.2. The zero-order valence-corrected chi connectivity index (χ0v) is 32.6. The Hall–Kier alpha value is -4.14. The lowest BCUT2D eigenvalue weighted by Gasteiger charge is -2.38. The van der Waals surface area contributed by atoms with Gasteiger partial charge in [-0.2, -0.15) is 0 Å². The molecule has 9 heteroatoms. The van der Waals surface area contributed by atoms with Crippen molar-refractivity contribution in [2.24, 2.45) is 23.2 Å². The van der Waals surface area contributed by atoms with Crippen molar-refractivity contribution in [1.82, 2.24) is 15.0 Å². The summed E-state index contributed by atoms with van der Waals surface area (Å²) in [6.45, 7) is 7.25. The molecule has 2 saturated carbocycles. The molecule has 0 aliphatic heterocycles. The standard InChI is InChI=1S/C33H50N4O2.C11H14N2O/c1-3-27-37(30-21-14-18-26-35-30)31(38)22-12-10-16-24-33(2)23-15-9-7-5-4-6-8-11-19-28(33)32(39)36-29-20-13-17-25-34-29;1-8-5-6-9(8)11(14)13-10-4-2-3-7-12-10/h13-14,17-18,20-21,25-26,28H,3-12,15-16,19,22-24,27H2,1-2H3,(H,34,36,39);2-4,7-9H,5-6H2,1H3,(H,12,13,14). The number of rotatable bonds is 13. The minimum absolute atomic E-state index is 0.0234. The predicted molar refractivity (Wildman–Crippen MR) is 215 cm³/mol. The molecule has 2 aliphatic carbocycles. The van der Waals surface area contributed by atoms with Gasteiger partial charge in [-0.05, 0) is 92.7 Å². The van der Waals surface area contributed by atoms with Crippen molar-refractivity contribution in [3.8, 4) is 0 Å². The molecule has 0 aromatic carbocycles. The Bertz CT molecular complexity index is 1490. The fourth-order valence-corrected chi connectivity index (χ4v) is 7.79. The van der Waals surface area contributed by atoms with E-state index in [2.05, 4.69) is 46.4 Å². The van der Waals surface area contributed by atoms with Gasteiger partial charge in [-0.3, -0.25) is 19.3 Å². The molecule has 288 valence electrons. The van der Waals surface area contributed by atoms with E-state index in [1.54, 1.807) is 24.7 Å². The molecule has 3 aromatic rings. The summed E-state index contributed by atoms with van der Waals surface area (Å²) in [6, 6.07) is 16.9. The maximum atomic E-state index is 13.6. The van der Waals surface area contributed by atoms with Crippen LogP contribution in [-0.2, 0) is 14.4 Å². The van der Waals surface area contributed by atoms with E-state index in [0.29, 0.717) is 30.5 Å². The molecule has 4 unspecified atom stereocenters. The fourth-order valence-electron chi connectivity index (χ4n) is 7.79. The van der Waals surface area contributed by atoms with Crippen LogP contribution < -0.4 is 15.5 Å². The monoisotopic (exact) mass is 725 g/mol. The molecule has 2 N–H and O–H groups in total. The van der Waals surface area contributed by atoms with Crippen LogP contribution in [0.2, 0.25) is 0 Å². The topological polar surface area (TPSA) is 117 Å². The van der Waals surface area contributed by atoms with E-state index < -0.39 is 0 Å². The smallest absolute Gasteiger partial charge is 0.229 e. The van der Waals surface area contributed by atoms with Gasteiger partial charge in [0.05, 0.1) is 0 Å². The first-order chi connectivity index (χ1) is 25.8. The number of hydrogen-bond acceptors (Lipinski definition) is 6. The molecular formula is C44H64N6O3. The molecule has 9 nitrogen and oxygen atoms in total. The lowest BCUT2D eigenvalue weighted by molar-refractivity contribution is -0.125. The number of carbonyl (C=O) groups excluding carboxylic acids is 3. The van der Waals surface area contributed by atoms with E-state index in [9.17, 15) is 14.4 Å². The summed E-state index contributed by atoms with van der Waals surface area (Å²) < 4.78 is 0. The van der Waals surface area contributed by atoms with Gasteiger partial charge >= 0.3 is 0 Å². The Balaban J connectivity index is 0.000000371. The van der Waals surface area contributed by atoms with E-state index in [1.165, 1.54) is 51.4 Å². The van der Waals surface area contributed by atoms with E-state index in [1.807, 2.05) is 53.4 Å². The number of carbonyl (C=O) groups is 3. The molecule has 53 heavy (non-hydrogen) atoms. The number of nitrogens with one attached hydrogen (secondary N) is 2. The van der Waals surface area contributed by atoms with Crippen molar-refractivity contribution >= 4 is 35.2 Å². The third-order valence-electron chi connectivity index (χ3n) is 11.3. The van der Waals surface area contributed by atoms with Crippen LogP contribution in [0.1, 0.15) is 136 Å². The molecule has 3 aromatic heterocycles. The molecule has 0 saturated heterocycles. The maximum Gasteiger partial charge on any atom is 0.229 e. The Labute approximate surface area is 318 Å². The minimum atomic E-state index is -0.0513. The van der Waals surface area contributed by atoms with Gasteiger partial charge < -0.3 is 10.6 Å². The molecule has 0 radical (unpaired) electrons. The second-order valence-corrected chi connectivity index (χ2v) is 15.4. The van der Waals surface area contributed by atoms with E-state index in [-0.39, 0.29) is 35.0 Å². The summed E-state index contributed by atoms with van der Waals surface area (Å²) in [4.78, 5) is 52.9. The van der Waals surface area contributed by atoms with Crippen molar-refractivity contribution in [2.45, 2.75) is 136 Å². The Morgan fingerprint density at radius 2 is 1.32 bits per heavy atom. The third kappa shape index (κ3) is 14.0. The van der Waals surface area contributed by atoms with Crippen LogP contribution >= 0.6 is 0 Å². The Morgan fingerprint density at radius 3 is 1.87 bits per heavy atom. The van der Waals surface area contributed by atoms with Crippen LogP contribution in [0.4, 0.5) is 17.5 Å². The van der Waals surface area contributed by atoms with E-state index in [0.717, 1.165) is 63.6 Å². The van der Waals surface area contributed by atoms with E-state index >= 15 is 0 Å². The number of hydrogen-bond donors (Lipinski definition) is 2. The number of nitrogens with zero attached hydrogens (tertiary/aromatic N) is 4. The molecule has 3 amide bonds. The van der Waals surface area contributed by atoms with Crippen LogP contribution in [0, 0.1) is 23.2 Å². The lowest BCUT2D eigenvalue weighted by Crippen LogP contribution is -2.37. The molecule has 2 fully saturated rings. The number of anilines is 3.